The summed E-state index contributed by atoms with van der Waals surface area (Å²) in [4.78, 5) is 8.74. The standard InChI is InChI=1S/C15H16N4OS/c1-9(2)10-3-5-11(6-4-10)14-18-15(20-19-14)12-8-21-13(7-16)17-12/h3-6,8-9H,7,16H2,1-2H3. The number of thiazole rings is 1. The van der Waals surface area contributed by atoms with E-state index in [0.29, 0.717) is 29.9 Å². The third-order valence-corrected chi connectivity index (χ3v) is 4.08. The summed E-state index contributed by atoms with van der Waals surface area (Å²) in [6.07, 6.45) is 0. The van der Waals surface area contributed by atoms with Gasteiger partial charge in [0.2, 0.25) is 5.82 Å². The number of rotatable bonds is 4. The van der Waals surface area contributed by atoms with E-state index in [1.165, 1.54) is 16.9 Å². The van der Waals surface area contributed by atoms with Crippen LogP contribution in [0.2, 0.25) is 0 Å². The Morgan fingerprint density at radius 3 is 2.57 bits per heavy atom. The number of hydrogen-bond acceptors (Lipinski definition) is 6. The molecule has 0 bridgehead atoms. The zero-order chi connectivity index (χ0) is 14.8. The zero-order valence-corrected chi connectivity index (χ0v) is 12.7. The van der Waals surface area contributed by atoms with Crippen LogP contribution in [0, 0.1) is 0 Å². The maximum atomic E-state index is 5.56. The van der Waals surface area contributed by atoms with E-state index in [4.69, 9.17) is 10.3 Å². The van der Waals surface area contributed by atoms with Gasteiger partial charge in [-0.2, -0.15) is 4.98 Å². The highest BCUT2D eigenvalue weighted by Crippen LogP contribution is 2.24. The Hall–Kier alpha value is -2.05. The van der Waals surface area contributed by atoms with Gasteiger partial charge in [-0.1, -0.05) is 43.3 Å². The van der Waals surface area contributed by atoms with Gasteiger partial charge in [0.25, 0.3) is 5.89 Å². The Balaban J connectivity index is 1.87. The van der Waals surface area contributed by atoms with Crippen LogP contribution in [-0.2, 0) is 6.54 Å². The van der Waals surface area contributed by atoms with Crippen LogP contribution in [0.25, 0.3) is 23.0 Å². The molecule has 0 aliphatic carbocycles. The second-order valence-corrected chi connectivity index (χ2v) is 5.97. The van der Waals surface area contributed by atoms with Crippen LogP contribution >= 0.6 is 11.3 Å². The number of nitrogens with zero attached hydrogens (tertiary/aromatic N) is 3. The fourth-order valence-corrected chi connectivity index (χ4v) is 2.61. The second kappa shape index (κ2) is 5.75. The first kappa shape index (κ1) is 13.9. The lowest BCUT2D eigenvalue weighted by Gasteiger charge is -2.04. The first-order valence-electron chi connectivity index (χ1n) is 6.76. The van der Waals surface area contributed by atoms with Crippen LogP contribution in [0.1, 0.15) is 30.3 Å². The highest BCUT2D eigenvalue weighted by atomic mass is 32.1. The molecular weight excluding hydrogens is 284 g/mol. The van der Waals surface area contributed by atoms with Crippen molar-refractivity contribution >= 4 is 11.3 Å². The topological polar surface area (TPSA) is 77.8 Å². The Labute approximate surface area is 126 Å². The summed E-state index contributed by atoms with van der Waals surface area (Å²) in [7, 11) is 0. The Bertz CT molecular complexity index is 730. The molecule has 6 heteroatoms. The van der Waals surface area contributed by atoms with Crippen molar-refractivity contribution in [2.45, 2.75) is 26.3 Å². The summed E-state index contributed by atoms with van der Waals surface area (Å²) in [6.45, 7) is 4.75. The number of hydrogen-bond donors (Lipinski definition) is 1. The van der Waals surface area contributed by atoms with Gasteiger partial charge in [0.05, 0.1) is 0 Å². The molecule has 0 amide bonds. The molecule has 2 aromatic heterocycles. The molecule has 0 atom stereocenters. The van der Waals surface area contributed by atoms with Gasteiger partial charge < -0.3 is 10.3 Å². The lowest BCUT2D eigenvalue weighted by molar-refractivity contribution is 0.431. The highest BCUT2D eigenvalue weighted by Gasteiger charge is 2.13. The normalized spacial score (nSPS) is 11.2. The summed E-state index contributed by atoms with van der Waals surface area (Å²) in [5.41, 5.74) is 8.46. The molecule has 1 aromatic carbocycles. The molecule has 0 saturated heterocycles. The van der Waals surface area contributed by atoms with Crippen molar-refractivity contribution in [2.75, 3.05) is 0 Å². The molecule has 0 unspecified atom stereocenters. The first-order valence-corrected chi connectivity index (χ1v) is 7.64. The van der Waals surface area contributed by atoms with E-state index in [1.54, 1.807) is 0 Å². The third-order valence-electron chi connectivity index (χ3n) is 3.21. The van der Waals surface area contributed by atoms with Crippen molar-refractivity contribution in [3.05, 3.63) is 40.2 Å². The van der Waals surface area contributed by atoms with Gasteiger partial charge in [-0.25, -0.2) is 4.98 Å². The predicted octanol–water partition coefficient (Wildman–Crippen LogP) is 3.44. The highest BCUT2D eigenvalue weighted by molar-refractivity contribution is 7.09. The molecule has 21 heavy (non-hydrogen) atoms. The van der Waals surface area contributed by atoms with Crippen molar-refractivity contribution < 1.29 is 4.52 Å². The van der Waals surface area contributed by atoms with E-state index in [9.17, 15) is 0 Å². The number of nitrogens with two attached hydrogens (primary N) is 1. The van der Waals surface area contributed by atoms with Crippen molar-refractivity contribution in [3.63, 3.8) is 0 Å². The van der Waals surface area contributed by atoms with Crippen molar-refractivity contribution in [2.24, 2.45) is 5.73 Å². The van der Waals surface area contributed by atoms with Crippen LogP contribution in [0.15, 0.2) is 34.2 Å². The summed E-state index contributed by atoms with van der Waals surface area (Å²) in [5, 5.41) is 6.75. The van der Waals surface area contributed by atoms with Crippen molar-refractivity contribution in [1.82, 2.24) is 15.1 Å². The summed E-state index contributed by atoms with van der Waals surface area (Å²) >= 11 is 1.49. The Kier molecular flexibility index (Phi) is 3.81. The zero-order valence-electron chi connectivity index (χ0n) is 11.9. The monoisotopic (exact) mass is 300 g/mol. The molecule has 3 rings (SSSR count). The SMILES string of the molecule is CC(C)c1ccc(-c2noc(-c3csc(CN)n3)n2)cc1. The van der Waals surface area contributed by atoms with Crippen LogP contribution in [0.5, 0.6) is 0 Å². The summed E-state index contributed by atoms with van der Waals surface area (Å²) < 4.78 is 5.28. The lowest BCUT2D eigenvalue weighted by Crippen LogP contribution is -1.94. The maximum absolute atomic E-state index is 5.56. The minimum absolute atomic E-state index is 0.419. The van der Waals surface area contributed by atoms with E-state index in [0.717, 1.165) is 10.6 Å². The van der Waals surface area contributed by atoms with Crippen molar-refractivity contribution in [3.8, 4) is 23.0 Å². The molecule has 108 valence electrons. The predicted molar refractivity (Wildman–Crippen MR) is 82.8 cm³/mol. The van der Waals surface area contributed by atoms with Crippen molar-refractivity contribution in [1.29, 1.82) is 0 Å². The third kappa shape index (κ3) is 2.86. The largest absolute Gasteiger partial charge is 0.332 e. The van der Waals surface area contributed by atoms with Gasteiger partial charge in [0.1, 0.15) is 10.7 Å². The van der Waals surface area contributed by atoms with E-state index in [1.807, 2.05) is 17.5 Å². The van der Waals surface area contributed by atoms with Crippen LogP contribution < -0.4 is 5.73 Å². The van der Waals surface area contributed by atoms with Gasteiger partial charge in [-0.05, 0) is 11.5 Å². The number of aromatic nitrogens is 3. The van der Waals surface area contributed by atoms with Gasteiger partial charge in [-0.15, -0.1) is 11.3 Å². The quantitative estimate of drug-likeness (QED) is 0.798. The lowest BCUT2D eigenvalue weighted by atomic mass is 10.0. The molecular formula is C15H16N4OS. The van der Waals surface area contributed by atoms with E-state index < -0.39 is 0 Å². The maximum Gasteiger partial charge on any atom is 0.277 e. The Morgan fingerprint density at radius 2 is 1.95 bits per heavy atom. The van der Waals surface area contributed by atoms with Crippen LogP contribution in [0.3, 0.4) is 0 Å². The molecule has 0 spiro atoms. The minimum atomic E-state index is 0.419. The smallest absolute Gasteiger partial charge is 0.277 e. The van der Waals surface area contributed by atoms with Gasteiger partial charge in [0, 0.05) is 17.5 Å². The van der Waals surface area contributed by atoms with Crippen LogP contribution in [-0.4, -0.2) is 15.1 Å². The number of benzene rings is 1. The Morgan fingerprint density at radius 1 is 1.19 bits per heavy atom. The van der Waals surface area contributed by atoms with E-state index >= 15 is 0 Å². The first-order chi connectivity index (χ1) is 10.2. The van der Waals surface area contributed by atoms with Gasteiger partial charge in [0.15, 0.2) is 0 Å². The van der Waals surface area contributed by atoms with Gasteiger partial charge >= 0.3 is 0 Å². The molecule has 0 fully saturated rings. The van der Waals surface area contributed by atoms with Crippen LogP contribution in [0.4, 0.5) is 0 Å². The molecule has 0 saturated carbocycles. The molecule has 0 aliphatic heterocycles. The molecule has 0 radical (unpaired) electrons. The average Bonchev–Trinajstić information content (AvgIpc) is 3.16. The molecule has 2 heterocycles. The summed E-state index contributed by atoms with van der Waals surface area (Å²) in [6, 6.07) is 8.20. The fourth-order valence-electron chi connectivity index (χ4n) is 1.96. The molecule has 2 N–H and O–H groups in total. The van der Waals surface area contributed by atoms with E-state index in [-0.39, 0.29) is 0 Å². The van der Waals surface area contributed by atoms with Gasteiger partial charge in [-0.3, -0.25) is 0 Å². The molecule has 3 aromatic rings. The fraction of sp³-hybridized carbons (Fsp3) is 0.267. The second-order valence-electron chi connectivity index (χ2n) is 5.03. The molecule has 0 aliphatic rings. The minimum Gasteiger partial charge on any atom is -0.332 e. The summed E-state index contributed by atoms with van der Waals surface area (Å²) in [5.74, 6) is 1.50. The average molecular weight is 300 g/mol. The van der Waals surface area contributed by atoms with E-state index in [2.05, 4.69) is 41.1 Å². The molecule has 5 nitrogen and oxygen atoms in total.